The SMILES string of the molecule is Cc1ccc(S(=O)(=O)Nc2ccc(C(=O)Nc3cc([N+](=O)[O-])ccc3C)c(Cl)c2)cc1. The number of halogens is 1. The number of sulfonamides is 1. The molecule has 0 saturated carbocycles. The Kier molecular flexibility index (Phi) is 6.28. The fourth-order valence-corrected chi connectivity index (χ4v) is 4.06. The van der Waals surface area contributed by atoms with E-state index in [2.05, 4.69) is 10.0 Å². The van der Waals surface area contributed by atoms with Crippen LogP contribution in [0.25, 0.3) is 0 Å². The summed E-state index contributed by atoms with van der Waals surface area (Å²) in [7, 11) is -3.82. The molecule has 0 bridgehead atoms. The molecule has 160 valence electrons. The van der Waals surface area contributed by atoms with Crippen molar-refractivity contribution in [2.24, 2.45) is 0 Å². The third-order valence-electron chi connectivity index (χ3n) is 4.48. The molecular formula is C21H18ClN3O5S. The molecule has 0 saturated heterocycles. The molecule has 0 aliphatic carbocycles. The van der Waals surface area contributed by atoms with Crippen molar-refractivity contribution in [2.75, 3.05) is 10.0 Å². The summed E-state index contributed by atoms with van der Waals surface area (Å²) in [4.78, 5) is 23.1. The highest BCUT2D eigenvalue weighted by molar-refractivity contribution is 7.92. The highest BCUT2D eigenvalue weighted by Crippen LogP contribution is 2.26. The van der Waals surface area contributed by atoms with Crippen LogP contribution < -0.4 is 10.0 Å². The third kappa shape index (κ3) is 5.19. The molecule has 3 rings (SSSR count). The summed E-state index contributed by atoms with van der Waals surface area (Å²) >= 11 is 6.20. The monoisotopic (exact) mass is 459 g/mol. The third-order valence-corrected chi connectivity index (χ3v) is 6.19. The first-order chi connectivity index (χ1) is 14.6. The van der Waals surface area contributed by atoms with E-state index in [0.717, 1.165) is 5.56 Å². The van der Waals surface area contributed by atoms with Crippen molar-refractivity contribution in [1.82, 2.24) is 0 Å². The molecule has 0 aromatic heterocycles. The number of nitro groups is 1. The molecule has 10 heteroatoms. The van der Waals surface area contributed by atoms with Crippen molar-refractivity contribution in [1.29, 1.82) is 0 Å². The largest absolute Gasteiger partial charge is 0.321 e. The zero-order valence-electron chi connectivity index (χ0n) is 16.5. The van der Waals surface area contributed by atoms with Crippen LogP contribution in [0.1, 0.15) is 21.5 Å². The lowest BCUT2D eigenvalue weighted by atomic mass is 10.1. The summed E-state index contributed by atoms with van der Waals surface area (Å²) in [6, 6.07) is 14.6. The number of aryl methyl sites for hydroxylation is 2. The molecule has 1 amide bonds. The van der Waals surface area contributed by atoms with E-state index >= 15 is 0 Å². The maximum absolute atomic E-state index is 12.6. The maximum Gasteiger partial charge on any atom is 0.271 e. The van der Waals surface area contributed by atoms with Gasteiger partial charge < -0.3 is 5.32 Å². The average Bonchev–Trinajstić information content (AvgIpc) is 2.69. The number of nitrogens with one attached hydrogen (secondary N) is 2. The predicted molar refractivity (Wildman–Crippen MR) is 119 cm³/mol. The van der Waals surface area contributed by atoms with Crippen LogP contribution in [0.3, 0.4) is 0 Å². The quantitative estimate of drug-likeness (QED) is 0.400. The van der Waals surface area contributed by atoms with Crippen LogP contribution in [-0.4, -0.2) is 19.2 Å². The maximum atomic E-state index is 12.6. The molecule has 0 aliphatic heterocycles. The minimum Gasteiger partial charge on any atom is -0.321 e. The minimum atomic E-state index is -3.82. The topological polar surface area (TPSA) is 118 Å². The van der Waals surface area contributed by atoms with Crippen LogP contribution in [0.4, 0.5) is 17.1 Å². The van der Waals surface area contributed by atoms with Gasteiger partial charge in [-0.3, -0.25) is 19.6 Å². The second-order valence-corrected chi connectivity index (χ2v) is 8.91. The van der Waals surface area contributed by atoms with Crippen LogP contribution in [0.15, 0.2) is 65.6 Å². The molecule has 2 N–H and O–H groups in total. The van der Waals surface area contributed by atoms with E-state index < -0.39 is 20.9 Å². The normalized spacial score (nSPS) is 11.1. The summed E-state index contributed by atoms with van der Waals surface area (Å²) in [6.45, 7) is 3.55. The fourth-order valence-electron chi connectivity index (χ4n) is 2.74. The van der Waals surface area contributed by atoms with Gasteiger partial charge in [-0.15, -0.1) is 0 Å². The molecular weight excluding hydrogens is 442 g/mol. The molecule has 0 aliphatic rings. The summed E-state index contributed by atoms with van der Waals surface area (Å²) in [5.74, 6) is -0.582. The number of carbonyl (C=O) groups is 1. The molecule has 0 heterocycles. The Morgan fingerprint density at radius 1 is 1.00 bits per heavy atom. The van der Waals surface area contributed by atoms with Gasteiger partial charge in [0.15, 0.2) is 0 Å². The van der Waals surface area contributed by atoms with Gasteiger partial charge >= 0.3 is 0 Å². The lowest BCUT2D eigenvalue weighted by Gasteiger charge is -2.12. The van der Waals surface area contributed by atoms with E-state index in [0.29, 0.717) is 5.56 Å². The average molecular weight is 460 g/mol. The molecule has 8 nitrogen and oxygen atoms in total. The van der Waals surface area contributed by atoms with Crippen molar-refractivity contribution in [2.45, 2.75) is 18.7 Å². The lowest BCUT2D eigenvalue weighted by molar-refractivity contribution is -0.384. The van der Waals surface area contributed by atoms with E-state index in [-0.39, 0.29) is 32.5 Å². The van der Waals surface area contributed by atoms with E-state index in [1.54, 1.807) is 19.1 Å². The van der Waals surface area contributed by atoms with Crippen molar-refractivity contribution in [3.8, 4) is 0 Å². The summed E-state index contributed by atoms with van der Waals surface area (Å²) in [6.07, 6.45) is 0. The first-order valence-electron chi connectivity index (χ1n) is 9.02. The minimum absolute atomic E-state index is 0.0182. The molecule has 0 atom stereocenters. The summed E-state index contributed by atoms with van der Waals surface area (Å²) < 4.78 is 27.5. The molecule has 0 radical (unpaired) electrons. The number of benzene rings is 3. The molecule has 0 unspecified atom stereocenters. The Hall–Kier alpha value is -3.43. The number of nitrogens with zero attached hydrogens (tertiary/aromatic N) is 1. The number of hydrogen-bond donors (Lipinski definition) is 2. The number of anilines is 2. The standard InChI is InChI=1S/C21H18ClN3O5S/c1-13-3-8-17(9-4-13)31(29,30)24-15-6-10-18(19(22)11-15)21(26)23-20-12-16(25(27)28)7-5-14(20)2/h3-12,24H,1-2H3,(H,23,26). The number of hydrogen-bond acceptors (Lipinski definition) is 5. The van der Waals surface area contributed by atoms with Crippen LogP contribution >= 0.6 is 11.6 Å². The highest BCUT2D eigenvalue weighted by Gasteiger charge is 2.18. The van der Waals surface area contributed by atoms with E-state index in [1.807, 2.05) is 6.92 Å². The van der Waals surface area contributed by atoms with Crippen molar-refractivity contribution < 1.29 is 18.1 Å². The second kappa shape index (κ2) is 8.75. The Bertz CT molecular complexity index is 1270. The summed E-state index contributed by atoms with van der Waals surface area (Å²) in [5, 5.41) is 13.6. The Morgan fingerprint density at radius 2 is 1.68 bits per heavy atom. The lowest BCUT2D eigenvalue weighted by Crippen LogP contribution is -2.15. The van der Waals surface area contributed by atoms with Gasteiger partial charge in [-0.2, -0.15) is 0 Å². The first-order valence-corrected chi connectivity index (χ1v) is 10.9. The molecule has 0 fully saturated rings. The van der Waals surface area contributed by atoms with Crippen molar-refractivity contribution >= 4 is 44.6 Å². The zero-order chi connectivity index (χ0) is 22.8. The van der Waals surface area contributed by atoms with Crippen LogP contribution in [-0.2, 0) is 10.0 Å². The van der Waals surface area contributed by atoms with Crippen molar-refractivity contribution in [3.05, 3.63) is 92.5 Å². The van der Waals surface area contributed by atoms with Gasteiger partial charge in [-0.25, -0.2) is 8.42 Å². The van der Waals surface area contributed by atoms with E-state index in [1.165, 1.54) is 48.5 Å². The summed E-state index contributed by atoms with van der Waals surface area (Å²) in [5.41, 5.74) is 1.96. The molecule has 31 heavy (non-hydrogen) atoms. The van der Waals surface area contributed by atoms with Crippen molar-refractivity contribution in [3.63, 3.8) is 0 Å². The zero-order valence-corrected chi connectivity index (χ0v) is 18.1. The van der Waals surface area contributed by atoms with Crippen LogP contribution in [0.5, 0.6) is 0 Å². The van der Waals surface area contributed by atoms with Gasteiger partial charge in [0.2, 0.25) is 0 Å². The van der Waals surface area contributed by atoms with Gasteiger partial charge in [0, 0.05) is 12.1 Å². The second-order valence-electron chi connectivity index (χ2n) is 6.82. The Labute approximate surface area is 184 Å². The smallest absolute Gasteiger partial charge is 0.271 e. The van der Waals surface area contributed by atoms with Gasteiger partial charge in [-0.05, 0) is 49.7 Å². The number of nitro benzene ring substituents is 1. The van der Waals surface area contributed by atoms with E-state index in [9.17, 15) is 23.3 Å². The number of amides is 1. The predicted octanol–water partition coefficient (Wildman–Crippen LogP) is 4.92. The number of rotatable bonds is 6. The first kappa shape index (κ1) is 22.3. The molecule has 3 aromatic rings. The number of carbonyl (C=O) groups excluding carboxylic acids is 1. The molecule has 0 spiro atoms. The van der Waals surface area contributed by atoms with Gasteiger partial charge in [0.05, 0.1) is 31.8 Å². The van der Waals surface area contributed by atoms with Crippen LogP contribution in [0.2, 0.25) is 5.02 Å². The molecule has 3 aromatic carbocycles. The Morgan fingerprint density at radius 3 is 2.29 bits per heavy atom. The van der Waals surface area contributed by atoms with Gasteiger partial charge in [0.25, 0.3) is 21.6 Å². The Balaban J connectivity index is 1.81. The van der Waals surface area contributed by atoms with Gasteiger partial charge in [-0.1, -0.05) is 35.4 Å². The highest BCUT2D eigenvalue weighted by atomic mass is 35.5. The fraction of sp³-hybridized carbons (Fsp3) is 0.0952. The number of non-ortho nitro benzene ring substituents is 1. The van der Waals surface area contributed by atoms with Crippen LogP contribution in [0, 0.1) is 24.0 Å². The van der Waals surface area contributed by atoms with E-state index in [4.69, 9.17) is 11.6 Å². The van der Waals surface area contributed by atoms with Gasteiger partial charge in [0.1, 0.15) is 0 Å².